The van der Waals surface area contributed by atoms with Crippen LogP contribution in [0.4, 0.5) is 0 Å². The average molecular weight is 178 g/mol. The van der Waals surface area contributed by atoms with Crippen molar-refractivity contribution in [2.45, 2.75) is 76.4 Å². The van der Waals surface area contributed by atoms with Crippen molar-refractivity contribution in [2.24, 2.45) is 0 Å². The van der Waals surface area contributed by atoms with Gasteiger partial charge in [-0.1, -0.05) is 76.4 Å². The van der Waals surface area contributed by atoms with Gasteiger partial charge in [-0.05, 0) is 0 Å². The summed E-state index contributed by atoms with van der Waals surface area (Å²) in [4.78, 5) is 0. The van der Waals surface area contributed by atoms with E-state index in [0.29, 0.717) is 5.82 Å². The number of hydrogen-bond acceptors (Lipinski definition) is 0. The Morgan fingerprint density at radius 1 is 0.538 bits per heavy atom. The molecule has 0 heterocycles. The Balaban J connectivity index is 2.11. The van der Waals surface area contributed by atoms with Gasteiger partial charge in [0.25, 0.3) is 0 Å². The van der Waals surface area contributed by atoms with Gasteiger partial charge in [0.05, 0.1) is 7.85 Å². The van der Waals surface area contributed by atoms with Crippen molar-refractivity contribution in [1.29, 1.82) is 0 Å². The van der Waals surface area contributed by atoms with Crippen LogP contribution in [0, 0.1) is 0 Å². The van der Waals surface area contributed by atoms with Crippen LogP contribution in [-0.2, 0) is 0 Å². The minimum Gasteiger partial charge on any atom is -0.0774 e. The van der Waals surface area contributed by atoms with E-state index in [1.54, 1.807) is 0 Å². The molecule has 0 aromatic heterocycles. The van der Waals surface area contributed by atoms with Gasteiger partial charge in [-0.2, -0.15) is 0 Å². The molecule has 0 atom stereocenters. The molecule has 1 aliphatic rings. The first-order valence-corrected chi connectivity index (χ1v) is 6.15. The van der Waals surface area contributed by atoms with Gasteiger partial charge < -0.3 is 0 Å². The van der Waals surface area contributed by atoms with Crippen molar-refractivity contribution >= 4 is 7.85 Å². The van der Waals surface area contributed by atoms with E-state index in [4.69, 9.17) is 7.85 Å². The summed E-state index contributed by atoms with van der Waals surface area (Å²) in [5, 5.41) is 0. The van der Waals surface area contributed by atoms with E-state index in [1.807, 2.05) is 0 Å². The second-order valence-corrected chi connectivity index (χ2v) is 4.52. The lowest BCUT2D eigenvalue weighted by Crippen LogP contribution is -1.94. The summed E-state index contributed by atoms with van der Waals surface area (Å²) in [6.45, 7) is 0. The lowest BCUT2D eigenvalue weighted by Gasteiger charge is -2.12. The molecule has 0 N–H and O–H groups in total. The Morgan fingerprint density at radius 2 is 0.846 bits per heavy atom. The molecule has 2 radical (unpaired) electrons. The molecule has 1 fully saturated rings. The first-order valence-electron chi connectivity index (χ1n) is 6.15. The SMILES string of the molecule is [B]C1CCCCCCCCCCC1. The van der Waals surface area contributed by atoms with Crippen molar-refractivity contribution in [2.75, 3.05) is 0 Å². The average Bonchev–Trinajstić information content (AvgIpc) is 2.11. The topological polar surface area (TPSA) is 0 Å². The summed E-state index contributed by atoms with van der Waals surface area (Å²) in [5.41, 5.74) is 0. The molecular formula is C12H23B. The van der Waals surface area contributed by atoms with Crippen LogP contribution in [-0.4, -0.2) is 7.85 Å². The molecule has 0 aromatic rings. The monoisotopic (exact) mass is 178 g/mol. The highest BCUT2D eigenvalue weighted by Gasteiger charge is 2.02. The second-order valence-electron chi connectivity index (χ2n) is 4.52. The predicted octanol–water partition coefficient (Wildman–Crippen LogP) is 4.25. The summed E-state index contributed by atoms with van der Waals surface area (Å²) < 4.78 is 0. The lowest BCUT2D eigenvalue weighted by molar-refractivity contribution is 0.504. The quantitative estimate of drug-likeness (QED) is 0.486. The molecule has 1 aliphatic carbocycles. The molecular weight excluding hydrogens is 155 g/mol. The van der Waals surface area contributed by atoms with Gasteiger partial charge >= 0.3 is 0 Å². The van der Waals surface area contributed by atoms with Crippen LogP contribution >= 0.6 is 0 Å². The first kappa shape index (κ1) is 11.1. The molecule has 1 heteroatoms. The van der Waals surface area contributed by atoms with Crippen LogP contribution in [0.3, 0.4) is 0 Å². The highest BCUT2D eigenvalue weighted by atomic mass is 14.1. The van der Waals surface area contributed by atoms with E-state index in [2.05, 4.69) is 0 Å². The fraction of sp³-hybridized carbons (Fsp3) is 1.00. The minimum atomic E-state index is 0.499. The Kier molecular flexibility index (Phi) is 6.40. The molecule has 0 spiro atoms. The third-order valence-corrected chi connectivity index (χ3v) is 3.15. The molecule has 0 aromatic carbocycles. The summed E-state index contributed by atoms with van der Waals surface area (Å²) in [6.07, 6.45) is 15.3. The standard InChI is InChI=1S/C12H23B/c13-12-10-8-6-4-2-1-3-5-7-9-11-12/h12H,1-11H2. The van der Waals surface area contributed by atoms with E-state index in [1.165, 1.54) is 70.6 Å². The Labute approximate surface area is 84.9 Å². The zero-order chi connectivity index (χ0) is 9.36. The molecule has 74 valence electrons. The molecule has 0 amide bonds. The van der Waals surface area contributed by atoms with Crippen molar-refractivity contribution in [3.8, 4) is 0 Å². The van der Waals surface area contributed by atoms with Crippen LogP contribution in [0.1, 0.15) is 70.6 Å². The highest BCUT2D eigenvalue weighted by Crippen LogP contribution is 2.22. The molecule has 1 saturated carbocycles. The fourth-order valence-corrected chi connectivity index (χ4v) is 2.19. The lowest BCUT2D eigenvalue weighted by atomic mass is 9.79. The zero-order valence-corrected chi connectivity index (χ0v) is 8.93. The van der Waals surface area contributed by atoms with Crippen molar-refractivity contribution in [3.63, 3.8) is 0 Å². The zero-order valence-electron chi connectivity index (χ0n) is 8.93. The van der Waals surface area contributed by atoms with Gasteiger partial charge in [0.1, 0.15) is 0 Å². The second kappa shape index (κ2) is 7.47. The van der Waals surface area contributed by atoms with E-state index in [9.17, 15) is 0 Å². The Hall–Kier alpha value is 0.0649. The summed E-state index contributed by atoms with van der Waals surface area (Å²) in [6, 6.07) is 0. The molecule has 1 rings (SSSR count). The molecule has 0 nitrogen and oxygen atoms in total. The van der Waals surface area contributed by atoms with Crippen LogP contribution in [0.25, 0.3) is 0 Å². The third kappa shape index (κ3) is 6.18. The number of rotatable bonds is 0. The molecule has 0 bridgehead atoms. The Morgan fingerprint density at radius 3 is 1.23 bits per heavy atom. The number of hydrogen-bond donors (Lipinski definition) is 0. The van der Waals surface area contributed by atoms with Gasteiger partial charge in [0.15, 0.2) is 0 Å². The third-order valence-electron chi connectivity index (χ3n) is 3.15. The van der Waals surface area contributed by atoms with Crippen molar-refractivity contribution in [3.05, 3.63) is 0 Å². The van der Waals surface area contributed by atoms with Gasteiger partial charge in [-0.25, -0.2) is 0 Å². The van der Waals surface area contributed by atoms with Crippen molar-refractivity contribution in [1.82, 2.24) is 0 Å². The first-order chi connectivity index (χ1) is 6.39. The van der Waals surface area contributed by atoms with E-state index < -0.39 is 0 Å². The maximum absolute atomic E-state index is 6.01. The maximum Gasteiger partial charge on any atom is 0.0699 e. The summed E-state index contributed by atoms with van der Waals surface area (Å²) in [5.74, 6) is 0.499. The van der Waals surface area contributed by atoms with E-state index in [0.717, 1.165) is 0 Å². The molecule has 0 saturated heterocycles. The molecule has 0 aliphatic heterocycles. The van der Waals surface area contributed by atoms with Gasteiger partial charge in [0, 0.05) is 0 Å². The van der Waals surface area contributed by atoms with E-state index in [-0.39, 0.29) is 0 Å². The predicted molar refractivity (Wildman–Crippen MR) is 60.3 cm³/mol. The van der Waals surface area contributed by atoms with Crippen LogP contribution in [0.2, 0.25) is 5.82 Å². The van der Waals surface area contributed by atoms with Crippen LogP contribution in [0.5, 0.6) is 0 Å². The molecule has 13 heavy (non-hydrogen) atoms. The van der Waals surface area contributed by atoms with Gasteiger partial charge in [-0.3, -0.25) is 0 Å². The van der Waals surface area contributed by atoms with Gasteiger partial charge in [-0.15, -0.1) is 0 Å². The van der Waals surface area contributed by atoms with Crippen LogP contribution < -0.4 is 0 Å². The van der Waals surface area contributed by atoms with Crippen LogP contribution in [0.15, 0.2) is 0 Å². The fourth-order valence-electron chi connectivity index (χ4n) is 2.19. The highest BCUT2D eigenvalue weighted by molar-refractivity contribution is 6.11. The van der Waals surface area contributed by atoms with Gasteiger partial charge in [0.2, 0.25) is 0 Å². The Bertz CT molecular complexity index is 99.7. The smallest absolute Gasteiger partial charge is 0.0699 e. The van der Waals surface area contributed by atoms with Crippen molar-refractivity contribution < 1.29 is 0 Å². The molecule has 0 unspecified atom stereocenters. The maximum atomic E-state index is 6.01. The van der Waals surface area contributed by atoms with E-state index >= 15 is 0 Å². The normalized spacial score (nSPS) is 24.6. The minimum absolute atomic E-state index is 0.499. The summed E-state index contributed by atoms with van der Waals surface area (Å²) in [7, 11) is 6.01. The summed E-state index contributed by atoms with van der Waals surface area (Å²) >= 11 is 0. The largest absolute Gasteiger partial charge is 0.0774 e.